The van der Waals surface area contributed by atoms with Gasteiger partial charge in [-0.1, -0.05) is 30.3 Å². The van der Waals surface area contributed by atoms with Crippen molar-refractivity contribution in [2.45, 2.75) is 4.90 Å². The van der Waals surface area contributed by atoms with Crippen molar-refractivity contribution in [3.05, 3.63) is 64.7 Å². The minimum atomic E-state index is -2.70. The van der Waals surface area contributed by atoms with E-state index in [1.807, 2.05) is 6.07 Å². The lowest BCUT2D eigenvalue weighted by molar-refractivity contribution is -0.384. The molecule has 1 unspecified atom stereocenters. The van der Waals surface area contributed by atoms with Crippen molar-refractivity contribution >= 4 is 21.1 Å². The zero-order chi connectivity index (χ0) is 13.9. The molecule has 0 N–H and O–H groups in total. The van der Waals surface area contributed by atoms with Crippen LogP contribution in [-0.4, -0.2) is 15.4 Å². The molecule has 0 amide bonds. The lowest BCUT2D eigenvalue weighted by Gasteiger charge is -2.04. The summed E-state index contributed by atoms with van der Waals surface area (Å²) in [5.74, 6) is 0. The highest BCUT2D eigenvalue weighted by Gasteiger charge is 2.14. The monoisotopic (exact) mass is 276 g/mol. The Morgan fingerprint density at radius 1 is 1.05 bits per heavy atom. The summed E-state index contributed by atoms with van der Waals surface area (Å²) in [7, 11) is -2.70. The van der Waals surface area contributed by atoms with Gasteiger partial charge in [0.25, 0.3) is 5.69 Å². The van der Waals surface area contributed by atoms with E-state index in [0.29, 0.717) is 4.90 Å². The molecule has 2 aromatic rings. The predicted molar refractivity (Wildman–Crippen MR) is 74.0 cm³/mol. The Morgan fingerprint density at radius 2 is 1.63 bits per heavy atom. The van der Waals surface area contributed by atoms with Crippen LogP contribution < -0.4 is 0 Å². The number of hydrogen-bond acceptors (Lipinski definition) is 4. The number of benzene rings is 2. The molecule has 0 radical (unpaired) electrons. The molecule has 1 atom stereocenters. The molecule has 0 spiro atoms. The summed E-state index contributed by atoms with van der Waals surface area (Å²) in [6.07, 6.45) is 1.47. The van der Waals surface area contributed by atoms with Gasteiger partial charge in [0.2, 0.25) is 0 Å². The average molecular weight is 276 g/mol. The Bertz CT molecular complexity index is 720. The first-order valence-corrected chi connectivity index (χ1v) is 7.44. The minimum Gasteiger partial charge on any atom is -0.258 e. The molecular weight excluding hydrogens is 264 g/mol. The van der Waals surface area contributed by atoms with Crippen LogP contribution in [0, 0.1) is 10.1 Å². The summed E-state index contributed by atoms with van der Waals surface area (Å²) in [5.41, 5.74) is -0.0168. The molecule has 0 bridgehead atoms. The molecule has 0 fully saturated rings. The van der Waals surface area contributed by atoms with Crippen LogP contribution in [0.3, 0.4) is 0 Å². The van der Waals surface area contributed by atoms with Crippen LogP contribution in [0.15, 0.2) is 63.9 Å². The fourth-order valence-corrected chi connectivity index (χ4v) is 2.91. The molecule has 2 aromatic carbocycles. The highest BCUT2D eigenvalue weighted by molar-refractivity contribution is 7.93. The fourth-order valence-electron chi connectivity index (χ4n) is 1.61. The Hall–Kier alpha value is -2.21. The van der Waals surface area contributed by atoms with Crippen molar-refractivity contribution in [2.75, 3.05) is 6.26 Å². The van der Waals surface area contributed by atoms with E-state index in [-0.39, 0.29) is 11.4 Å². The third-order valence-electron chi connectivity index (χ3n) is 2.53. The summed E-state index contributed by atoms with van der Waals surface area (Å²) >= 11 is 0. The third-order valence-corrected chi connectivity index (χ3v) is 4.22. The first-order chi connectivity index (χ1) is 9.00. The molecular formula is C13H12N2O3S. The second-order valence-corrected chi connectivity index (χ2v) is 6.21. The highest BCUT2D eigenvalue weighted by atomic mass is 32.2. The van der Waals surface area contributed by atoms with Crippen LogP contribution in [-0.2, 0) is 9.73 Å². The maximum Gasteiger partial charge on any atom is 0.295 e. The number of nitro benzene ring substituents is 1. The van der Waals surface area contributed by atoms with E-state index in [2.05, 4.69) is 4.36 Å². The van der Waals surface area contributed by atoms with Gasteiger partial charge in [-0.3, -0.25) is 10.1 Å². The van der Waals surface area contributed by atoms with Crippen LogP contribution >= 0.6 is 0 Å². The Balaban J connectivity index is 2.59. The lowest BCUT2D eigenvalue weighted by Crippen LogP contribution is -1.97. The smallest absolute Gasteiger partial charge is 0.258 e. The second kappa shape index (κ2) is 5.19. The highest BCUT2D eigenvalue weighted by Crippen LogP contribution is 2.29. The van der Waals surface area contributed by atoms with Gasteiger partial charge < -0.3 is 0 Å². The van der Waals surface area contributed by atoms with E-state index in [9.17, 15) is 14.3 Å². The molecule has 0 aromatic heterocycles. The number of rotatable bonds is 3. The minimum absolute atomic E-state index is 0.129. The van der Waals surface area contributed by atoms with E-state index < -0.39 is 14.7 Å². The topological polar surface area (TPSA) is 72.6 Å². The van der Waals surface area contributed by atoms with Crippen LogP contribution in [0.1, 0.15) is 0 Å². The summed E-state index contributed by atoms with van der Waals surface area (Å²) in [6.45, 7) is 0. The molecule has 0 saturated carbocycles. The maximum atomic E-state index is 12.5. The average Bonchev–Trinajstić information content (AvgIpc) is 2.39. The number of nitrogens with zero attached hydrogens (tertiary/aromatic N) is 2. The van der Waals surface area contributed by atoms with E-state index in [1.54, 1.807) is 36.4 Å². The van der Waals surface area contributed by atoms with Crippen molar-refractivity contribution in [1.29, 1.82) is 0 Å². The Morgan fingerprint density at radius 3 is 2.26 bits per heavy atom. The van der Waals surface area contributed by atoms with E-state index in [1.165, 1.54) is 18.4 Å². The number of hydrogen-bond donors (Lipinski definition) is 0. The zero-order valence-electron chi connectivity index (χ0n) is 10.2. The third kappa shape index (κ3) is 2.97. The molecule has 98 valence electrons. The van der Waals surface area contributed by atoms with E-state index >= 15 is 0 Å². The summed E-state index contributed by atoms with van der Waals surface area (Å²) in [4.78, 5) is 10.9. The maximum absolute atomic E-state index is 12.5. The van der Waals surface area contributed by atoms with E-state index in [0.717, 1.165) is 0 Å². The molecule has 0 aliphatic heterocycles. The fraction of sp³-hybridized carbons (Fsp3) is 0.0769. The van der Waals surface area contributed by atoms with Crippen molar-refractivity contribution < 1.29 is 9.13 Å². The molecule has 0 aliphatic carbocycles. The van der Waals surface area contributed by atoms with Crippen molar-refractivity contribution in [2.24, 2.45) is 4.36 Å². The van der Waals surface area contributed by atoms with Crippen LogP contribution in [0.2, 0.25) is 0 Å². The SMILES string of the molecule is CS(=O)(=Nc1ccccc1[N+](=O)[O-])c1ccccc1. The molecule has 5 nitrogen and oxygen atoms in total. The van der Waals surface area contributed by atoms with Crippen molar-refractivity contribution in [3.8, 4) is 0 Å². The largest absolute Gasteiger partial charge is 0.295 e. The standard InChI is InChI=1S/C13H12N2O3S/c1-19(18,11-7-3-2-4-8-11)14-12-9-5-6-10-13(12)15(16)17/h2-10H,1H3. The Kier molecular flexibility index (Phi) is 3.62. The van der Waals surface area contributed by atoms with Crippen molar-refractivity contribution in [3.63, 3.8) is 0 Å². The lowest BCUT2D eigenvalue weighted by atomic mass is 10.3. The quantitative estimate of drug-likeness (QED) is 0.637. The second-order valence-electron chi connectivity index (χ2n) is 3.95. The molecule has 6 heteroatoms. The molecule has 2 rings (SSSR count). The number of nitro groups is 1. The first kappa shape index (κ1) is 13.2. The van der Waals surface area contributed by atoms with Gasteiger partial charge in [0, 0.05) is 17.2 Å². The molecule has 0 saturated heterocycles. The van der Waals surface area contributed by atoms with Gasteiger partial charge in [0.1, 0.15) is 0 Å². The number of para-hydroxylation sites is 1. The van der Waals surface area contributed by atoms with Gasteiger partial charge in [-0.2, -0.15) is 4.36 Å². The first-order valence-electron chi connectivity index (χ1n) is 5.51. The Labute approximate surface area is 111 Å². The van der Waals surface area contributed by atoms with Gasteiger partial charge in [0.15, 0.2) is 5.69 Å². The molecule has 0 heterocycles. The zero-order valence-corrected chi connectivity index (χ0v) is 11.0. The predicted octanol–water partition coefficient (Wildman–Crippen LogP) is 3.38. The van der Waals surface area contributed by atoms with Gasteiger partial charge >= 0.3 is 0 Å². The van der Waals surface area contributed by atoms with Gasteiger partial charge in [-0.15, -0.1) is 0 Å². The summed E-state index contributed by atoms with van der Waals surface area (Å²) < 4.78 is 16.6. The normalized spacial score (nSPS) is 13.5. The van der Waals surface area contributed by atoms with Gasteiger partial charge in [-0.25, -0.2) is 4.21 Å². The van der Waals surface area contributed by atoms with Crippen LogP contribution in [0.25, 0.3) is 0 Å². The van der Waals surface area contributed by atoms with Gasteiger partial charge in [0.05, 0.1) is 14.7 Å². The van der Waals surface area contributed by atoms with E-state index in [4.69, 9.17) is 0 Å². The summed E-state index contributed by atoms with van der Waals surface area (Å²) in [5, 5.41) is 10.9. The van der Waals surface area contributed by atoms with Crippen LogP contribution in [0.5, 0.6) is 0 Å². The van der Waals surface area contributed by atoms with Crippen molar-refractivity contribution in [1.82, 2.24) is 0 Å². The molecule has 0 aliphatic rings. The van der Waals surface area contributed by atoms with Gasteiger partial charge in [-0.05, 0) is 18.2 Å². The molecule has 19 heavy (non-hydrogen) atoms. The summed E-state index contributed by atoms with van der Waals surface area (Å²) in [6, 6.07) is 14.7. The van der Waals surface area contributed by atoms with Crippen LogP contribution in [0.4, 0.5) is 11.4 Å².